The molecule has 0 heterocycles. The third-order valence-corrected chi connectivity index (χ3v) is 2.95. The van der Waals surface area contributed by atoms with Gasteiger partial charge in [0.1, 0.15) is 5.82 Å². The maximum atomic E-state index is 12.8. The summed E-state index contributed by atoms with van der Waals surface area (Å²) in [4.78, 5) is 11.6. The number of hydrogen-bond acceptors (Lipinski definition) is 3. The maximum Gasteiger partial charge on any atom is 0.251 e. The number of anilines is 1. The standard InChI is InChI=1S/C16H17FN2O2/c17-14-5-1-12(2-6-14)11-19-15-7-3-13(4-8-15)16(21)18-9-10-20/h1-8,19-20H,9-11H2,(H,18,21). The van der Waals surface area contributed by atoms with E-state index >= 15 is 0 Å². The molecule has 5 heteroatoms. The Kier molecular flexibility index (Phi) is 5.29. The van der Waals surface area contributed by atoms with Crippen LogP contribution in [0.25, 0.3) is 0 Å². The first kappa shape index (κ1) is 15.0. The van der Waals surface area contributed by atoms with Gasteiger partial charge in [-0.15, -0.1) is 0 Å². The van der Waals surface area contributed by atoms with E-state index in [0.717, 1.165) is 11.3 Å². The van der Waals surface area contributed by atoms with Crippen molar-refractivity contribution >= 4 is 11.6 Å². The molecule has 0 spiro atoms. The molecule has 3 N–H and O–H groups in total. The number of rotatable bonds is 6. The lowest BCUT2D eigenvalue weighted by molar-refractivity contribution is 0.0945. The molecule has 0 fully saturated rings. The van der Waals surface area contributed by atoms with Gasteiger partial charge in [0.2, 0.25) is 0 Å². The first-order chi connectivity index (χ1) is 10.2. The highest BCUT2D eigenvalue weighted by molar-refractivity contribution is 5.94. The first-order valence-electron chi connectivity index (χ1n) is 6.66. The van der Waals surface area contributed by atoms with Crippen LogP contribution < -0.4 is 10.6 Å². The van der Waals surface area contributed by atoms with Crippen LogP contribution in [-0.4, -0.2) is 24.2 Å². The van der Waals surface area contributed by atoms with E-state index in [2.05, 4.69) is 10.6 Å². The van der Waals surface area contributed by atoms with Crippen LogP contribution in [0.2, 0.25) is 0 Å². The number of nitrogens with one attached hydrogen (secondary N) is 2. The van der Waals surface area contributed by atoms with Gasteiger partial charge in [-0.25, -0.2) is 4.39 Å². The van der Waals surface area contributed by atoms with E-state index in [9.17, 15) is 9.18 Å². The molecule has 0 aliphatic carbocycles. The minimum atomic E-state index is -0.253. The fourth-order valence-electron chi connectivity index (χ4n) is 1.82. The van der Waals surface area contributed by atoms with Gasteiger partial charge in [-0.1, -0.05) is 12.1 Å². The molecule has 0 saturated carbocycles. The van der Waals surface area contributed by atoms with Crippen molar-refractivity contribution in [3.05, 3.63) is 65.5 Å². The van der Waals surface area contributed by atoms with E-state index in [1.54, 1.807) is 36.4 Å². The number of aliphatic hydroxyl groups is 1. The highest BCUT2D eigenvalue weighted by Gasteiger charge is 2.04. The Morgan fingerprint density at radius 2 is 1.71 bits per heavy atom. The van der Waals surface area contributed by atoms with Crippen molar-refractivity contribution < 1.29 is 14.3 Å². The van der Waals surface area contributed by atoms with E-state index in [4.69, 9.17) is 5.11 Å². The zero-order valence-corrected chi connectivity index (χ0v) is 11.5. The summed E-state index contributed by atoms with van der Waals surface area (Å²) in [6.07, 6.45) is 0. The minimum absolute atomic E-state index is 0.0803. The van der Waals surface area contributed by atoms with Gasteiger partial charge in [0.05, 0.1) is 6.61 Å². The van der Waals surface area contributed by atoms with Gasteiger partial charge < -0.3 is 15.7 Å². The third-order valence-electron chi connectivity index (χ3n) is 2.95. The number of halogens is 1. The Hall–Kier alpha value is -2.40. The van der Waals surface area contributed by atoms with Crippen molar-refractivity contribution in [1.82, 2.24) is 5.32 Å². The van der Waals surface area contributed by atoms with E-state index in [1.807, 2.05) is 0 Å². The largest absolute Gasteiger partial charge is 0.395 e. The minimum Gasteiger partial charge on any atom is -0.395 e. The second kappa shape index (κ2) is 7.40. The smallest absolute Gasteiger partial charge is 0.251 e. The second-order valence-corrected chi connectivity index (χ2v) is 4.54. The predicted molar refractivity (Wildman–Crippen MR) is 79.6 cm³/mol. The second-order valence-electron chi connectivity index (χ2n) is 4.54. The van der Waals surface area contributed by atoms with E-state index in [-0.39, 0.29) is 24.9 Å². The molecule has 2 aromatic carbocycles. The van der Waals surface area contributed by atoms with E-state index in [0.29, 0.717) is 12.1 Å². The SMILES string of the molecule is O=C(NCCO)c1ccc(NCc2ccc(F)cc2)cc1. The van der Waals surface area contributed by atoms with Crippen molar-refractivity contribution in [2.75, 3.05) is 18.5 Å². The fraction of sp³-hybridized carbons (Fsp3) is 0.188. The number of carbonyl (C=O) groups excluding carboxylic acids is 1. The molecule has 21 heavy (non-hydrogen) atoms. The Morgan fingerprint density at radius 3 is 2.33 bits per heavy atom. The van der Waals surface area contributed by atoms with Gasteiger partial charge in [0.15, 0.2) is 0 Å². The summed E-state index contributed by atoms with van der Waals surface area (Å²) in [6, 6.07) is 13.3. The number of hydrogen-bond donors (Lipinski definition) is 3. The van der Waals surface area contributed by atoms with Crippen LogP contribution in [0.15, 0.2) is 48.5 Å². The molecule has 0 aliphatic heterocycles. The molecule has 0 unspecified atom stereocenters. The summed E-state index contributed by atoms with van der Waals surface area (Å²) in [5.74, 6) is -0.467. The molecular formula is C16H17FN2O2. The predicted octanol–water partition coefficient (Wildman–Crippen LogP) is 2.16. The van der Waals surface area contributed by atoms with Gasteiger partial charge >= 0.3 is 0 Å². The lowest BCUT2D eigenvalue weighted by Gasteiger charge is -2.08. The van der Waals surface area contributed by atoms with Gasteiger partial charge in [-0.2, -0.15) is 0 Å². The van der Waals surface area contributed by atoms with Crippen LogP contribution in [0.1, 0.15) is 15.9 Å². The summed E-state index contributed by atoms with van der Waals surface area (Å²) in [6.45, 7) is 0.739. The molecule has 0 atom stereocenters. The Morgan fingerprint density at radius 1 is 1.05 bits per heavy atom. The summed E-state index contributed by atoms with van der Waals surface area (Å²) >= 11 is 0. The molecule has 1 amide bonds. The summed E-state index contributed by atoms with van der Waals surface area (Å²) < 4.78 is 12.8. The van der Waals surface area contributed by atoms with E-state index in [1.165, 1.54) is 12.1 Å². The van der Waals surface area contributed by atoms with Gasteiger partial charge in [0.25, 0.3) is 5.91 Å². The highest BCUT2D eigenvalue weighted by Crippen LogP contribution is 2.11. The van der Waals surface area contributed by atoms with Crippen molar-refractivity contribution in [2.24, 2.45) is 0 Å². The fourth-order valence-corrected chi connectivity index (χ4v) is 1.82. The topological polar surface area (TPSA) is 61.4 Å². The molecule has 0 radical (unpaired) electrons. The first-order valence-corrected chi connectivity index (χ1v) is 6.66. The Bertz CT molecular complexity index is 582. The number of carbonyl (C=O) groups is 1. The zero-order valence-electron chi connectivity index (χ0n) is 11.5. The van der Waals surface area contributed by atoms with Crippen LogP contribution in [0.5, 0.6) is 0 Å². The van der Waals surface area contributed by atoms with Crippen molar-refractivity contribution in [3.8, 4) is 0 Å². The van der Waals surface area contributed by atoms with Crippen LogP contribution >= 0.6 is 0 Å². The number of aliphatic hydroxyl groups excluding tert-OH is 1. The quantitative estimate of drug-likeness (QED) is 0.763. The maximum absolute atomic E-state index is 12.8. The molecule has 4 nitrogen and oxygen atoms in total. The molecule has 2 rings (SSSR count). The lowest BCUT2D eigenvalue weighted by Crippen LogP contribution is -2.26. The van der Waals surface area contributed by atoms with Gasteiger partial charge in [0, 0.05) is 24.3 Å². The summed E-state index contributed by atoms with van der Waals surface area (Å²) in [5, 5.41) is 14.4. The van der Waals surface area contributed by atoms with Crippen molar-refractivity contribution in [3.63, 3.8) is 0 Å². The van der Waals surface area contributed by atoms with Gasteiger partial charge in [-0.3, -0.25) is 4.79 Å². The Balaban J connectivity index is 1.90. The molecule has 2 aromatic rings. The molecule has 0 aromatic heterocycles. The molecule has 0 aliphatic rings. The average molecular weight is 288 g/mol. The third kappa shape index (κ3) is 4.57. The van der Waals surface area contributed by atoms with Crippen molar-refractivity contribution in [1.29, 1.82) is 0 Å². The lowest BCUT2D eigenvalue weighted by atomic mass is 10.2. The van der Waals surface area contributed by atoms with Crippen LogP contribution in [0.3, 0.4) is 0 Å². The molecule has 0 saturated heterocycles. The summed E-state index contributed by atoms with van der Waals surface area (Å²) in [5.41, 5.74) is 2.38. The average Bonchev–Trinajstić information content (AvgIpc) is 2.52. The zero-order chi connectivity index (χ0) is 15.1. The number of amides is 1. The van der Waals surface area contributed by atoms with Gasteiger partial charge in [-0.05, 0) is 42.0 Å². The number of benzene rings is 2. The van der Waals surface area contributed by atoms with Crippen LogP contribution in [-0.2, 0) is 6.54 Å². The van der Waals surface area contributed by atoms with Crippen LogP contribution in [0.4, 0.5) is 10.1 Å². The molecular weight excluding hydrogens is 271 g/mol. The summed E-state index contributed by atoms with van der Waals surface area (Å²) in [7, 11) is 0. The Labute approximate surface area is 122 Å². The van der Waals surface area contributed by atoms with E-state index < -0.39 is 0 Å². The van der Waals surface area contributed by atoms with Crippen LogP contribution in [0, 0.1) is 5.82 Å². The highest BCUT2D eigenvalue weighted by atomic mass is 19.1. The monoisotopic (exact) mass is 288 g/mol. The van der Waals surface area contributed by atoms with Crippen molar-refractivity contribution in [2.45, 2.75) is 6.54 Å². The molecule has 0 bridgehead atoms. The normalized spacial score (nSPS) is 10.2. The molecule has 110 valence electrons.